The zero-order chi connectivity index (χ0) is 13.8. The number of nitrogens with zero attached hydrogens (tertiary/aromatic N) is 3. The lowest BCUT2D eigenvalue weighted by Gasteiger charge is -2.09. The van der Waals surface area contributed by atoms with Crippen molar-refractivity contribution >= 4 is 11.6 Å². The molecule has 0 saturated carbocycles. The first-order chi connectivity index (χ1) is 9.11. The summed E-state index contributed by atoms with van der Waals surface area (Å²) in [6, 6.07) is 6.00. The number of rotatable bonds is 5. The van der Waals surface area contributed by atoms with E-state index in [0.717, 1.165) is 47.4 Å². The molecule has 2 aromatic rings. The van der Waals surface area contributed by atoms with E-state index in [1.807, 2.05) is 36.7 Å². The SMILES string of the molecule is CCCNCc1ccc(-n2nc(C)nc2C)cc1Cl. The van der Waals surface area contributed by atoms with Gasteiger partial charge in [-0.2, -0.15) is 5.10 Å². The number of aromatic nitrogens is 3. The van der Waals surface area contributed by atoms with Crippen LogP contribution in [0.5, 0.6) is 0 Å². The van der Waals surface area contributed by atoms with E-state index >= 15 is 0 Å². The summed E-state index contributed by atoms with van der Waals surface area (Å²) in [7, 11) is 0. The van der Waals surface area contributed by atoms with Gasteiger partial charge in [-0.3, -0.25) is 0 Å². The monoisotopic (exact) mass is 278 g/mol. The Morgan fingerprint density at radius 3 is 2.68 bits per heavy atom. The average Bonchev–Trinajstić information content (AvgIpc) is 2.71. The predicted octanol–water partition coefficient (Wildman–Crippen LogP) is 3.04. The molecule has 0 radical (unpaired) electrons. The van der Waals surface area contributed by atoms with E-state index in [0.29, 0.717) is 0 Å². The van der Waals surface area contributed by atoms with Crippen LogP contribution in [0.15, 0.2) is 18.2 Å². The van der Waals surface area contributed by atoms with Crippen LogP contribution in [0, 0.1) is 13.8 Å². The van der Waals surface area contributed by atoms with Gasteiger partial charge >= 0.3 is 0 Å². The Hall–Kier alpha value is -1.39. The van der Waals surface area contributed by atoms with E-state index in [1.165, 1.54) is 0 Å². The Labute approximate surface area is 118 Å². The molecule has 5 heteroatoms. The third kappa shape index (κ3) is 3.33. The fourth-order valence-electron chi connectivity index (χ4n) is 1.98. The highest BCUT2D eigenvalue weighted by molar-refractivity contribution is 6.31. The van der Waals surface area contributed by atoms with Crippen molar-refractivity contribution in [1.82, 2.24) is 20.1 Å². The van der Waals surface area contributed by atoms with Crippen LogP contribution >= 0.6 is 11.6 Å². The van der Waals surface area contributed by atoms with E-state index in [2.05, 4.69) is 22.3 Å². The largest absolute Gasteiger partial charge is 0.313 e. The Balaban J connectivity index is 2.21. The quantitative estimate of drug-likeness (QED) is 0.855. The Morgan fingerprint density at radius 2 is 2.11 bits per heavy atom. The molecule has 0 atom stereocenters. The van der Waals surface area contributed by atoms with Gasteiger partial charge in [0.15, 0.2) is 0 Å². The fourth-order valence-corrected chi connectivity index (χ4v) is 2.22. The maximum absolute atomic E-state index is 6.32. The van der Waals surface area contributed by atoms with Crippen LogP contribution in [0.3, 0.4) is 0 Å². The minimum Gasteiger partial charge on any atom is -0.313 e. The van der Waals surface area contributed by atoms with Gasteiger partial charge in [-0.15, -0.1) is 0 Å². The second-order valence-corrected chi connectivity index (χ2v) is 4.98. The number of benzene rings is 1. The third-order valence-electron chi connectivity index (χ3n) is 2.90. The summed E-state index contributed by atoms with van der Waals surface area (Å²) < 4.78 is 1.81. The third-order valence-corrected chi connectivity index (χ3v) is 3.25. The summed E-state index contributed by atoms with van der Waals surface area (Å²) in [5, 5.41) is 8.46. The summed E-state index contributed by atoms with van der Waals surface area (Å²) in [6.07, 6.45) is 1.12. The maximum atomic E-state index is 6.32. The van der Waals surface area contributed by atoms with E-state index in [-0.39, 0.29) is 0 Å². The van der Waals surface area contributed by atoms with Crippen LogP contribution in [0.2, 0.25) is 5.02 Å². The normalized spacial score (nSPS) is 10.9. The van der Waals surface area contributed by atoms with Crippen molar-refractivity contribution in [2.24, 2.45) is 0 Å². The van der Waals surface area contributed by atoms with Crippen molar-refractivity contribution in [2.45, 2.75) is 33.7 Å². The highest BCUT2D eigenvalue weighted by Gasteiger charge is 2.07. The molecule has 0 spiro atoms. The lowest BCUT2D eigenvalue weighted by atomic mass is 10.2. The molecule has 1 N–H and O–H groups in total. The topological polar surface area (TPSA) is 42.7 Å². The van der Waals surface area contributed by atoms with Crippen LogP contribution < -0.4 is 5.32 Å². The molecule has 0 unspecified atom stereocenters. The second-order valence-electron chi connectivity index (χ2n) is 4.57. The molecule has 0 aliphatic rings. The molecule has 0 aliphatic carbocycles. The van der Waals surface area contributed by atoms with Crippen molar-refractivity contribution in [3.05, 3.63) is 40.4 Å². The molecule has 0 aliphatic heterocycles. The van der Waals surface area contributed by atoms with Crippen molar-refractivity contribution in [2.75, 3.05) is 6.54 Å². The van der Waals surface area contributed by atoms with Gasteiger partial charge in [0.25, 0.3) is 0 Å². The molecule has 19 heavy (non-hydrogen) atoms. The zero-order valence-electron chi connectivity index (χ0n) is 11.6. The summed E-state index contributed by atoms with van der Waals surface area (Å²) in [6.45, 7) is 7.76. The first-order valence-electron chi connectivity index (χ1n) is 6.51. The molecule has 0 amide bonds. The molecule has 1 heterocycles. The van der Waals surface area contributed by atoms with Crippen molar-refractivity contribution in [1.29, 1.82) is 0 Å². The lowest BCUT2D eigenvalue weighted by molar-refractivity contribution is 0.675. The van der Waals surface area contributed by atoms with E-state index in [9.17, 15) is 0 Å². The highest BCUT2D eigenvalue weighted by atomic mass is 35.5. The maximum Gasteiger partial charge on any atom is 0.148 e. The first kappa shape index (κ1) is 14.0. The minimum atomic E-state index is 0.758. The lowest BCUT2D eigenvalue weighted by Crippen LogP contribution is -2.14. The van der Waals surface area contributed by atoms with E-state index in [4.69, 9.17) is 11.6 Å². The Bertz CT molecular complexity index is 563. The van der Waals surface area contributed by atoms with Crippen LogP contribution in [-0.2, 0) is 6.54 Å². The number of halogens is 1. The van der Waals surface area contributed by atoms with E-state index in [1.54, 1.807) is 0 Å². The minimum absolute atomic E-state index is 0.758. The van der Waals surface area contributed by atoms with Gasteiger partial charge in [-0.1, -0.05) is 24.6 Å². The van der Waals surface area contributed by atoms with Crippen molar-refractivity contribution in [3.63, 3.8) is 0 Å². The summed E-state index contributed by atoms with van der Waals surface area (Å²) in [4.78, 5) is 4.30. The molecule has 0 bridgehead atoms. The average molecular weight is 279 g/mol. The number of hydrogen-bond donors (Lipinski definition) is 1. The number of nitrogens with one attached hydrogen (secondary N) is 1. The standard InChI is InChI=1S/C14H19ClN4/c1-4-7-16-9-12-5-6-13(8-14(12)15)19-11(3)17-10(2)18-19/h5-6,8,16H,4,7,9H2,1-3H3. The molecule has 4 nitrogen and oxygen atoms in total. The fraction of sp³-hybridized carbons (Fsp3) is 0.429. The van der Waals surface area contributed by atoms with Gasteiger partial charge in [0.1, 0.15) is 11.6 Å². The van der Waals surface area contributed by atoms with Gasteiger partial charge in [0, 0.05) is 11.6 Å². The number of aryl methyl sites for hydroxylation is 2. The zero-order valence-corrected chi connectivity index (χ0v) is 12.3. The smallest absolute Gasteiger partial charge is 0.148 e. The summed E-state index contributed by atoms with van der Waals surface area (Å²) >= 11 is 6.32. The van der Waals surface area contributed by atoms with Gasteiger partial charge in [-0.05, 0) is 44.5 Å². The van der Waals surface area contributed by atoms with Gasteiger partial charge in [0.05, 0.1) is 5.69 Å². The van der Waals surface area contributed by atoms with Crippen LogP contribution in [0.1, 0.15) is 30.6 Å². The van der Waals surface area contributed by atoms with Crippen LogP contribution in [0.25, 0.3) is 5.69 Å². The molecule has 0 saturated heterocycles. The molecule has 1 aromatic carbocycles. The Kier molecular flexibility index (Phi) is 4.56. The molecule has 0 fully saturated rings. The Morgan fingerprint density at radius 1 is 1.32 bits per heavy atom. The highest BCUT2D eigenvalue weighted by Crippen LogP contribution is 2.20. The first-order valence-corrected chi connectivity index (χ1v) is 6.89. The van der Waals surface area contributed by atoms with E-state index < -0.39 is 0 Å². The predicted molar refractivity (Wildman–Crippen MR) is 77.8 cm³/mol. The molecule has 102 valence electrons. The van der Waals surface area contributed by atoms with Crippen LogP contribution in [-0.4, -0.2) is 21.3 Å². The van der Waals surface area contributed by atoms with Crippen molar-refractivity contribution < 1.29 is 0 Å². The van der Waals surface area contributed by atoms with Crippen LogP contribution in [0.4, 0.5) is 0 Å². The molecular formula is C14H19ClN4. The van der Waals surface area contributed by atoms with Gasteiger partial charge < -0.3 is 5.32 Å². The molecular weight excluding hydrogens is 260 g/mol. The summed E-state index contributed by atoms with van der Waals surface area (Å²) in [5.41, 5.74) is 2.05. The van der Waals surface area contributed by atoms with Gasteiger partial charge in [-0.25, -0.2) is 9.67 Å². The van der Waals surface area contributed by atoms with Crippen molar-refractivity contribution in [3.8, 4) is 5.69 Å². The molecule has 1 aromatic heterocycles. The summed E-state index contributed by atoms with van der Waals surface area (Å²) in [5.74, 6) is 1.63. The second kappa shape index (κ2) is 6.17. The van der Waals surface area contributed by atoms with Gasteiger partial charge in [0.2, 0.25) is 0 Å². The molecule has 2 rings (SSSR count). The number of hydrogen-bond acceptors (Lipinski definition) is 3.